The Bertz CT molecular complexity index is 978. The summed E-state index contributed by atoms with van der Waals surface area (Å²) >= 11 is 0. The number of hydrazine groups is 1. The van der Waals surface area contributed by atoms with Crippen molar-refractivity contribution in [1.82, 2.24) is 26.0 Å². The lowest BCUT2D eigenvalue weighted by atomic mass is 9.76. The molecule has 0 unspecified atom stereocenters. The number of benzene rings is 1. The molecule has 30 heavy (non-hydrogen) atoms. The Hall–Kier alpha value is -3.43. The zero-order chi connectivity index (χ0) is 21.7. The molecule has 0 saturated carbocycles. The topological polar surface area (TPSA) is 128 Å². The number of carbonyl (C=O) groups is 5. The van der Waals surface area contributed by atoms with Crippen molar-refractivity contribution in [2.24, 2.45) is 0 Å². The van der Waals surface area contributed by atoms with E-state index in [-0.39, 0.29) is 0 Å². The molecule has 2 atom stereocenters. The first-order valence-electron chi connectivity index (χ1n) is 9.90. The monoisotopic (exact) mass is 413 g/mol. The quantitative estimate of drug-likeness (QED) is 0.620. The minimum atomic E-state index is -1.19. The average Bonchev–Trinajstić information content (AvgIpc) is 3.08. The summed E-state index contributed by atoms with van der Waals surface area (Å²) in [5, 5.41) is 5.87. The molecule has 1 aliphatic carbocycles. The number of carbonyl (C=O) groups excluding carboxylic acids is 5. The van der Waals surface area contributed by atoms with Crippen LogP contribution < -0.4 is 16.1 Å². The van der Waals surface area contributed by atoms with Crippen LogP contribution in [0.15, 0.2) is 24.3 Å². The molecule has 1 aromatic carbocycles. The molecule has 2 saturated heterocycles. The van der Waals surface area contributed by atoms with Crippen LogP contribution in [-0.4, -0.2) is 51.8 Å². The number of fused-ring (bicyclic) bond motifs is 2. The highest BCUT2D eigenvalue weighted by Crippen LogP contribution is 2.39. The Morgan fingerprint density at radius 2 is 1.83 bits per heavy atom. The maximum absolute atomic E-state index is 13.2. The highest BCUT2D eigenvalue weighted by molar-refractivity contribution is 6.11. The number of aryl methyl sites for hydroxylation is 1. The summed E-state index contributed by atoms with van der Waals surface area (Å²) in [6.07, 6.45) is 2.32. The zero-order valence-corrected chi connectivity index (χ0v) is 16.8. The van der Waals surface area contributed by atoms with Crippen LogP contribution in [-0.2, 0) is 26.3 Å². The molecular formula is C20H23N5O5. The summed E-state index contributed by atoms with van der Waals surface area (Å²) in [5.41, 5.74) is 1.64. The Labute approximate surface area is 172 Å². The van der Waals surface area contributed by atoms with Crippen molar-refractivity contribution in [2.45, 2.75) is 50.6 Å². The third-order valence-corrected chi connectivity index (χ3v) is 6.16. The Balaban J connectivity index is 1.51. The largest absolute Gasteiger partial charge is 0.344 e. The first-order valence-corrected chi connectivity index (χ1v) is 9.90. The molecule has 2 fully saturated rings. The maximum Gasteiger partial charge on any atom is 0.344 e. The van der Waals surface area contributed by atoms with E-state index in [4.69, 9.17) is 0 Å². The van der Waals surface area contributed by atoms with Gasteiger partial charge in [0.15, 0.2) is 0 Å². The summed E-state index contributed by atoms with van der Waals surface area (Å²) in [5.74, 6) is -1.92. The summed E-state index contributed by atoms with van der Waals surface area (Å²) < 4.78 is 0. The van der Waals surface area contributed by atoms with Crippen LogP contribution in [0.5, 0.6) is 0 Å². The second-order valence-corrected chi connectivity index (χ2v) is 8.03. The van der Waals surface area contributed by atoms with Gasteiger partial charge in [0.1, 0.15) is 17.6 Å². The van der Waals surface area contributed by atoms with E-state index in [9.17, 15) is 24.0 Å². The van der Waals surface area contributed by atoms with Gasteiger partial charge in [-0.25, -0.2) is 9.59 Å². The van der Waals surface area contributed by atoms with Gasteiger partial charge in [-0.3, -0.25) is 24.7 Å². The van der Waals surface area contributed by atoms with Gasteiger partial charge in [-0.1, -0.05) is 31.2 Å². The van der Waals surface area contributed by atoms with Crippen LogP contribution >= 0.6 is 0 Å². The van der Waals surface area contributed by atoms with Crippen LogP contribution in [0.2, 0.25) is 0 Å². The molecule has 3 N–H and O–H groups in total. The van der Waals surface area contributed by atoms with E-state index < -0.39 is 47.4 Å². The van der Waals surface area contributed by atoms with Gasteiger partial charge in [-0.15, -0.1) is 0 Å². The predicted molar refractivity (Wildman–Crippen MR) is 104 cm³/mol. The van der Waals surface area contributed by atoms with Gasteiger partial charge in [0.05, 0.1) is 0 Å². The van der Waals surface area contributed by atoms with E-state index in [1.807, 2.05) is 24.3 Å². The summed E-state index contributed by atoms with van der Waals surface area (Å²) in [4.78, 5) is 63.6. The first kappa shape index (κ1) is 19.9. The average molecular weight is 413 g/mol. The number of hydrogen-bond acceptors (Lipinski definition) is 5. The van der Waals surface area contributed by atoms with Crippen LogP contribution in [0.1, 0.15) is 44.2 Å². The standard InChI is InChI=1S/C20H23N5O5/c1-3-19(2)15(27)25(18(30)21-19)23-14(26)11-24-16(28)20(22-17(24)29)10-6-8-12-7-4-5-9-13(12)20/h4-5,7,9H,3,6,8,10-11H2,1-2H3,(H,21,30)(H,22,29)(H,23,26)/t19-,20+/m1/s1. The van der Waals surface area contributed by atoms with Gasteiger partial charge in [0, 0.05) is 0 Å². The summed E-state index contributed by atoms with van der Waals surface area (Å²) in [6, 6.07) is 5.99. The molecule has 10 nitrogen and oxygen atoms in total. The Kier molecular flexibility index (Phi) is 4.52. The smallest absolute Gasteiger partial charge is 0.322 e. The van der Waals surface area contributed by atoms with Crippen LogP contribution in [0.4, 0.5) is 9.59 Å². The molecule has 4 rings (SSSR count). The lowest BCUT2D eigenvalue weighted by Crippen LogP contribution is -2.52. The van der Waals surface area contributed by atoms with Gasteiger partial charge in [0.25, 0.3) is 17.7 Å². The predicted octanol–water partition coefficient (Wildman–Crippen LogP) is 0.522. The van der Waals surface area contributed by atoms with Crippen molar-refractivity contribution >= 4 is 29.8 Å². The third-order valence-electron chi connectivity index (χ3n) is 6.16. The molecule has 1 spiro atoms. The molecule has 10 heteroatoms. The SMILES string of the molecule is CC[C@@]1(C)NC(=O)N(NC(=O)CN2C(=O)N[C@]3(CCCc4ccccc43)C2=O)C1=O. The number of urea groups is 2. The zero-order valence-electron chi connectivity index (χ0n) is 16.8. The van der Waals surface area contributed by atoms with Gasteiger partial charge in [0.2, 0.25) is 0 Å². The number of hydrogen-bond donors (Lipinski definition) is 3. The second kappa shape index (κ2) is 6.82. The van der Waals surface area contributed by atoms with E-state index in [1.165, 1.54) is 0 Å². The van der Waals surface area contributed by atoms with Gasteiger partial charge < -0.3 is 10.6 Å². The molecule has 7 amide bonds. The minimum Gasteiger partial charge on any atom is -0.322 e. The summed E-state index contributed by atoms with van der Waals surface area (Å²) in [6.45, 7) is 2.69. The third kappa shape index (κ3) is 2.82. The van der Waals surface area contributed by atoms with E-state index in [0.717, 1.165) is 28.9 Å². The lowest BCUT2D eigenvalue weighted by molar-refractivity contribution is -0.140. The molecule has 0 aromatic heterocycles. The fourth-order valence-corrected chi connectivity index (χ4v) is 4.28. The highest BCUT2D eigenvalue weighted by atomic mass is 16.2. The van der Waals surface area contributed by atoms with Crippen molar-refractivity contribution in [2.75, 3.05) is 6.54 Å². The van der Waals surface area contributed by atoms with Crippen molar-refractivity contribution in [3.8, 4) is 0 Å². The van der Waals surface area contributed by atoms with Crippen molar-refractivity contribution < 1.29 is 24.0 Å². The Morgan fingerprint density at radius 3 is 2.53 bits per heavy atom. The van der Waals surface area contributed by atoms with Gasteiger partial charge in [-0.05, 0) is 43.7 Å². The van der Waals surface area contributed by atoms with Crippen LogP contribution in [0.25, 0.3) is 0 Å². The molecule has 2 heterocycles. The molecule has 2 aliphatic heterocycles. The number of amides is 7. The maximum atomic E-state index is 13.2. The highest BCUT2D eigenvalue weighted by Gasteiger charge is 2.54. The van der Waals surface area contributed by atoms with Gasteiger partial charge in [-0.2, -0.15) is 5.01 Å². The number of nitrogens with one attached hydrogen (secondary N) is 3. The number of imide groups is 2. The fraction of sp³-hybridized carbons (Fsp3) is 0.450. The molecule has 0 bridgehead atoms. The molecule has 0 radical (unpaired) electrons. The first-order chi connectivity index (χ1) is 14.2. The van der Waals surface area contributed by atoms with Crippen LogP contribution in [0.3, 0.4) is 0 Å². The number of nitrogens with zero attached hydrogens (tertiary/aromatic N) is 2. The lowest BCUT2D eigenvalue weighted by Gasteiger charge is -2.33. The molecular weight excluding hydrogens is 390 g/mol. The van der Waals surface area contributed by atoms with E-state index >= 15 is 0 Å². The molecule has 1 aromatic rings. The van der Waals surface area contributed by atoms with Crippen molar-refractivity contribution in [3.63, 3.8) is 0 Å². The fourth-order valence-electron chi connectivity index (χ4n) is 4.28. The second-order valence-electron chi connectivity index (χ2n) is 8.03. The van der Waals surface area contributed by atoms with Gasteiger partial charge >= 0.3 is 12.1 Å². The van der Waals surface area contributed by atoms with Crippen LogP contribution in [0, 0.1) is 0 Å². The van der Waals surface area contributed by atoms with E-state index in [2.05, 4.69) is 16.1 Å². The van der Waals surface area contributed by atoms with Crippen molar-refractivity contribution in [3.05, 3.63) is 35.4 Å². The minimum absolute atomic E-state index is 0.346. The number of rotatable bonds is 4. The Morgan fingerprint density at radius 1 is 1.10 bits per heavy atom. The van der Waals surface area contributed by atoms with Crippen molar-refractivity contribution in [1.29, 1.82) is 0 Å². The summed E-state index contributed by atoms with van der Waals surface area (Å²) in [7, 11) is 0. The van der Waals surface area contributed by atoms with E-state index in [0.29, 0.717) is 17.9 Å². The normalized spacial score (nSPS) is 27.9. The molecule has 158 valence electrons. The molecule has 3 aliphatic rings. The van der Waals surface area contributed by atoms with E-state index in [1.54, 1.807) is 13.8 Å².